The van der Waals surface area contributed by atoms with Gasteiger partial charge in [-0.3, -0.25) is 9.82 Å². The number of nitrogens with two attached hydrogens (primary N) is 1. The SMILES string of the molecule is NCC#Cc1ccc(S(=O)(=O)Nc2cn[nH]c2)c(F)c1. The van der Waals surface area contributed by atoms with E-state index in [1.54, 1.807) is 0 Å². The third kappa shape index (κ3) is 3.14. The van der Waals surface area contributed by atoms with E-state index >= 15 is 0 Å². The van der Waals surface area contributed by atoms with Gasteiger partial charge in [0.15, 0.2) is 0 Å². The van der Waals surface area contributed by atoms with Gasteiger partial charge in [0.25, 0.3) is 10.0 Å². The first-order chi connectivity index (χ1) is 9.53. The molecule has 1 aromatic carbocycles. The van der Waals surface area contributed by atoms with E-state index in [0.717, 1.165) is 12.1 Å². The Morgan fingerprint density at radius 1 is 1.45 bits per heavy atom. The summed E-state index contributed by atoms with van der Waals surface area (Å²) in [4.78, 5) is -0.461. The van der Waals surface area contributed by atoms with Crippen LogP contribution in [-0.2, 0) is 10.0 Å². The minimum Gasteiger partial charge on any atom is -0.320 e. The lowest BCUT2D eigenvalue weighted by Crippen LogP contribution is -2.14. The third-order valence-electron chi connectivity index (χ3n) is 2.31. The molecule has 0 unspecified atom stereocenters. The summed E-state index contributed by atoms with van der Waals surface area (Å²) < 4.78 is 40.1. The van der Waals surface area contributed by atoms with Gasteiger partial charge in [0.1, 0.15) is 10.7 Å². The van der Waals surface area contributed by atoms with Crippen LogP contribution in [0.3, 0.4) is 0 Å². The lowest BCUT2D eigenvalue weighted by atomic mass is 10.2. The Labute approximate surface area is 115 Å². The van der Waals surface area contributed by atoms with E-state index in [-0.39, 0.29) is 12.2 Å². The van der Waals surface area contributed by atoms with E-state index in [1.807, 2.05) is 0 Å². The molecule has 0 fully saturated rings. The molecule has 0 radical (unpaired) electrons. The van der Waals surface area contributed by atoms with Crippen LogP contribution in [0.1, 0.15) is 5.56 Å². The van der Waals surface area contributed by atoms with Gasteiger partial charge in [0.05, 0.1) is 18.4 Å². The monoisotopic (exact) mass is 294 g/mol. The molecule has 0 amide bonds. The van der Waals surface area contributed by atoms with Gasteiger partial charge in [0.2, 0.25) is 0 Å². The van der Waals surface area contributed by atoms with Gasteiger partial charge in [-0.15, -0.1) is 0 Å². The maximum atomic E-state index is 13.9. The highest BCUT2D eigenvalue weighted by Gasteiger charge is 2.19. The number of aromatic nitrogens is 2. The topological polar surface area (TPSA) is 101 Å². The first kappa shape index (κ1) is 14.0. The first-order valence-electron chi connectivity index (χ1n) is 5.53. The van der Waals surface area contributed by atoms with Crippen molar-refractivity contribution in [3.05, 3.63) is 42.0 Å². The molecule has 0 spiro atoms. The van der Waals surface area contributed by atoms with Gasteiger partial charge >= 0.3 is 0 Å². The lowest BCUT2D eigenvalue weighted by molar-refractivity contribution is 0.570. The van der Waals surface area contributed by atoms with Crippen molar-refractivity contribution >= 4 is 15.7 Å². The maximum Gasteiger partial charge on any atom is 0.264 e. The van der Waals surface area contributed by atoms with E-state index in [4.69, 9.17) is 5.73 Å². The van der Waals surface area contributed by atoms with Crippen molar-refractivity contribution in [2.24, 2.45) is 5.73 Å². The van der Waals surface area contributed by atoms with Crippen molar-refractivity contribution in [1.29, 1.82) is 0 Å². The number of H-pyrrole nitrogens is 1. The number of nitrogens with zero attached hydrogens (tertiary/aromatic N) is 1. The fourth-order valence-corrected chi connectivity index (χ4v) is 2.56. The number of hydrogen-bond donors (Lipinski definition) is 3. The summed E-state index contributed by atoms with van der Waals surface area (Å²) in [5, 5.41) is 6.04. The van der Waals surface area contributed by atoms with E-state index in [9.17, 15) is 12.8 Å². The zero-order valence-electron chi connectivity index (χ0n) is 10.2. The van der Waals surface area contributed by atoms with Crippen molar-refractivity contribution in [2.45, 2.75) is 4.90 Å². The molecule has 104 valence electrons. The molecule has 4 N–H and O–H groups in total. The molecule has 8 heteroatoms. The average molecular weight is 294 g/mol. The molecule has 0 aliphatic heterocycles. The molecule has 0 saturated heterocycles. The van der Waals surface area contributed by atoms with Crippen LogP contribution in [0.5, 0.6) is 0 Å². The van der Waals surface area contributed by atoms with Crippen molar-refractivity contribution in [2.75, 3.05) is 11.3 Å². The highest BCUT2D eigenvalue weighted by atomic mass is 32.2. The number of anilines is 1. The minimum absolute atomic E-state index is 0.143. The second-order valence-electron chi connectivity index (χ2n) is 3.74. The van der Waals surface area contributed by atoms with E-state index in [0.29, 0.717) is 5.56 Å². The van der Waals surface area contributed by atoms with Gasteiger partial charge in [-0.05, 0) is 18.2 Å². The van der Waals surface area contributed by atoms with Gasteiger partial charge in [-0.1, -0.05) is 11.8 Å². The molecule has 0 aliphatic carbocycles. The number of rotatable bonds is 3. The summed E-state index contributed by atoms with van der Waals surface area (Å²) in [6.07, 6.45) is 2.62. The smallest absolute Gasteiger partial charge is 0.264 e. The van der Waals surface area contributed by atoms with Gasteiger partial charge in [-0.2, -0.15) is 5.10 Å². The zero-order chi connectivity index (χ0) is 14.6. The number of sulfonamides is 1. The second-order valence-corrected chi connectivity index (χ2v) is 5.39. The molecule has 6 nitrogen and oxygen atoms in total. The normalized spacial score (nSPS) is 10.7. The van der Waals surface area contributed by atoms with Gasteiger partial charge in [-0.25, -0.2) is 12.8 Å². The average Bonchev–Trinajstić information content (AvgIpc) is 2.88. The van der Waals surface area contributed by atoms with Crippen LogP contribution in [-0.4, -0.2) is 25.2 Å². The molecular formula is C12H11FN4O2S. The standard InChI is InChI=1S/C12H11FN4O2S/c13-11-6-9(2-1-5-14)3-4-12(11)20(18,19)17-10-7-15-16-8-10/h3-4,6-8,17H,5,14H2,(H,15,16). The fourth-order valence-electron chi connectivity index (χ4n) is 1.47. The van der Waals surface area contributed by atoms with Gasteiger partial charge < -0.3 is 5.73 Å². The molecule has 0 saturated carbocycles. The van der Waals surface area contributed by atoms with Crippen molar-refractivity contribution in [3.63, 3.8) is 0 Å². The van der Waals surface area contributed by atoms with Crippen molar-refractivity contribution < 1.29 is 12.8 Å². The van der Waals surface area contributed by atoms with E-state index in [1.165, 1.54) is 18.5 Å². The number of halogens is 1. The molecule has 1 heterocycles. The largest absolute Gasteiger partial charge is 0.320 e. The Morgan fingerprint density at radius 3 is 2.85 bits per heavy atom. The third-order valence-corrected chi connectivity index (χ3v) is 3.72. The Balaban J connectivity index is 2.33. The number of hydrogen-bond acceptors (Lipinski definition) is 4. The van der Waals surface area contributed by atoms with E-state index < -0.39 is 20.7 Å². The van der Waals surface area contributed by atoms with Crippen LogP contribution in [0, 0.1) is 17.7 Å². The molecule has 20 heavy (non-hydrogen) atoms. The predicted molar refractivity (Wildman–Crippen MR) is 71.7 cm³/mol. The lowest BCUT2D eigenvalue weighted by Gasteiger charge is -2.07. The minimum atomic E-state index is -4.01. The van der Waals surface area contributed by atoms with Gasteiger partial charge in [0, 0.05) is 11.8 Å². The zero-order valence-corrected chi connectivity index (χ0v) is 11.0. The highest BCUT2D eigenvalue weighted by Crippen LogP contribution is 2.19. The van der Waals surface area contributed by atoms with Crippen molar-refractivity contribution in [3.8, 4) is 11.8 Å². The van der Waals surface area contributed by atoms with E-state index in [2.05, 4.69) is 26.8 Å². The van der Waals surface area contributed by atoms with Crippen LogP contribution in [0.4, 0.5) is 10.1 Å². The Bertz CT molecular complexity index is 760. The highest BCUT2D eigenvalue weighted by molar-refractivity contribution is 7.92. The summed E-state index contributed by atoms with van der Waals surface area (Å²) in [5.74, 6) is 4.30. The molecule has 0 aliphatic rings. The first-order valence-corrected chi connectivity index (χ1v) is 7.01. The van der Waals surface area contributed by atoms with Crippen LogP contribution in [0.2, 0.25) is 0 Å². The number of benzene rings is 1. The molecule has 0 bridgehead atoms. The maximum absolute atomic E-state index is 13.9. The van der Waals surface area contributed by atoms with Crippen LogP contribution >= 0.6 is 0 Å². The number of aromatic amines is 1. The summed E-state index contributed by atoms with van der Waals surface area (Å²) in [7, 11) is -4.01. The molecule has 1 aromatic heterocycles. The van der Waals surface area contributed by atoms with Crippen LogP contribution < -0.4 is 10.5 Å². The quantitative estimate of drug-likeness (QED) is 0.724. The fraction of sp³-hybridized carbons (Fsp3) is 0.0833. The second kappa shape index (κ2) is 5.73. The molecule has 2 rings (SSSR count). The molecular weight excluding hydrogens is 283 g/mol. The van der Waals surface area contributed by atoms with Crippen molar-refractivity contribution in [1.82, 2.24) is 10.2 Å². The summed E-state index contributed by atoms with van der Waals surface area (Å²) >= 11 is 0. The van der Waals surface area contributed by atoms with Crippen LogP contribution in [0.25, 0.3) is 0 Å². The Hall–Kier alpha value is -2.37. The Kier molecular flexibility index (Phi) is 4.02. The summed E-state index contributed by atoms with van der Waals surface area (Å²) in [6, 6.07) is 3.61. The molecule has 0 atom stereocenters. The summed E-state index contributed by atoms with van der Waals surface area (Å²) in [6.45, 7) is 0.143. The van der Waals surface area contributed by atoms with Crippen LogP contribution in [0.15, 0.2) is 35.5 Å². The number of nitrogens with one attached hydrogen (secondary N) is 2. The summed E-state index contributed by atoms with van der Waals surface area (Å²) in [5.41, 5.74) is 5.78. The predicted octanol–water partition coefficient (Wildman–Crippen LogP) is 0.660. The Morgan fingerprint density at radius 2 is 2.25 bits per heavy atom. The molecule has 2 aromatic rings.